The molecule has 0 spiro atoms. The molecule has 2 aromatic heterocycles. The maximum Gasteiger partial charge on any atom is 0.167 e. The Bertz CT molecular complexity index is 745. The number of ether oxygens (including phenoxy) is 1. The molecule has 10 nitrogen and oxygen atoms in total. The van der Waals surface area contributed by atoms with E-state index in [9.17, 15) is 20.1 Å². The molecule has 1 unspecified atom stereocenters. The smallest absolute Gasteiger partial charge is 0.167 e. The van der Waals surface area contributed by atoms with Crippen molar-refractivity contribution in [3.05, 3.63) is 18.1 Å². The van der Waals surface area contributed by atoms with Gasteiger partial charge in [-0.2, -0.15) is 0 Å². The molecule has 5 N–H and O–H groups in total. The molecular weight excluding hydrogens is 308 g/mol. The zero-order valence-electron chi connectivity index (χ0n) is 12.1. The van der Waals surface area contributed by atoms with Gasteiger partial charge in [0.05, 0.1) is 12.0 Å². The maximum absolute atomic E-state index is 11.3. The Labute approximate surface area is 129 Å². The first-order valence-corrected chi connectivity index (χ1v) is 6.83. The quantitative estimate of drug-likeness (QED) is 0.354. The highest BCUT2D eigenvalue weighted by Crippen LogP contribution is 2.40. The molecule has 3 heterocycles. The van der Waals surface area contributed by atoms with Crippen molar-refractivity contribution < 1.29 is 30.1 Å². The third-order valence-corrected chi connectivity index (χ3v) is 4.06. The number of anilines is 1. The van der Waals surface area contributed by atoms with Crippen molar-refractivity contribution in [3.63, 3.8) is 0 Å². The number of nitrogens with one attached hydrogen (secondary N) is 1. The van der Waals surface area contributed by atoms with Crippen LogP contribution in [-0.4, -0.2) is 65.8 Å². The minimum Gasteiger partial charge on any atom is -0.394 e. The second kappa shape index (κ2) is 5.51. The van der Waals surface area contributed by atoms with Crippen molar-refractivity contribution in [3.8, 4) is 0 Å². The molecule has 10 heteroatoms. The predicted octanol–water partition coefficient (Wildman–Crippen LogP) is -0.954. The van der Waals surface area contributed by atoms with E-state index in [0.29, 0.717) is 6.29 Å². The molecule has 1 fully saturated rings. The number of aliphatic hydroxyl groups excluding tert-OH is 2. The van der Waals surface area contributed by atoms with Crippen LogP contribution in [0, 0.1) is 0 Å². The van der Waals surface area contributed by atoms with Crippen LogP contribution in [-0.2, 0) is 4.74 Å². The van der Waals surface area contributed by atoms with Crippen molar-refractivity contribution in [2.45, 2.75) is 31.0 Å². The van der Waals surface area contributed by atoms with Crippen LogP contribution in [0.5, 0.6) is 0 Å². The lowest BCUT2D eigenvalue weighted by Gasteiger charge is -2.27. The third-order valence-electron chi connectivity index (χ3n) is 4.06. The van der Waals surface area contributed by atoms with Crippen LogP contribution in [0.25, 0.3) is 11.0 Å². The van der Waals surface area contributed by atoms with Crippen LogP contribution in [0.1, 0.15) is 23.5 Å². The van der Waals surface area contributed by atoms with E-state index in [2.05, 4.69) is 9.97 Å². The largest absolute Gasteiger partial charge is 0.394 e. The van der Waals surface area contributed by atoms with Gasteiger partial charge in [0, 0.05) is 11.8 Å². The fourth-order valence-electron chi connectivity index (χ4n) is 2.86. The van der Waals surface area contributed by atoms with E-state index < -0.39 is 30.6 Å². The van der Waals surface area contributed by atoms with Gasteiger partial charge in [-0.05, 0) is 6.92 Å². The minimum absolute atomic E-state index is 0.0211. The second-order valence-electron chi connectivity index (χ2n) is 5.52. The predicted molar refractivity (Wildman–Crippen MR) is 76.0 cm³/mol. The highest BCUT2D eigenvalue weighted by molar-refractivity contribution is 6.01. The number of aliphatic hydroxyl groups is 3. The van der Waals surface area contributed by atoms with E-state index in [1.54, 1.807) is 0 Å². The third kappa shape index (κ3) is 2.19. The van der Waals surface area contributed by atoms with Gasteiger partial charge in [-0.15, -0.1) is 0 Å². The van der Waals surface area contributed by atoms with Gasteiger partial charge in [-0.3, -0.25) is 15.5 Å². The topological polar surface area (TPSA) is 150 Å². The summed E-state index contributed by atoms with van der Waals surface area (Å²) in [4.78, 5) is 19.2. The van der Waals surface area contributed by atoms with Gasteiger partial charge in [0.15, 0.2) is 18.3 Å². The SMILES string of the molecule is CC1(O)[C@H](O)[C@@H](CO)O[C@H]1n1cc(C=O)c2c(NO)ncnc21. The highest BCUT2D eigenvalue weighted by atomic mass is 16.6. The minimum atomic E-state index is -1.72. The van der Waals surface area contributed by atoms with Crippen LogP contribution >= 0.6 is 0 Å². The van der Waals surface area contributed by atoms with E-state index in [-0.39, 0.29) is 22.4 Å². The van der Waals surface area contributed by atoms with Crippen molar-refractivity contribution in [2.75, 3.05) is 12.1 Å². The Kier molecular flexibility index (Phi) is 3.78. The molecule has 1 aliphatic heterocycles. The first kappa shape index (κ1) is 15.8. The first-order valence-electron chi connectivity index (χ1n) is 6.83. The lowest BCUT2D eigenvalue weighted by Crippen LogP contribution is -2.44. The fourth-order valence-corrected chi connectivity index (χ4v) is 2.86. The Hall–Kier alpha value is -2.11. The summed E-state index contributed by atoms with van der Waals surface area (Å²) in [7, 11) is 0. The molecule has 124 valence electrons. The zero-order chi connectivity index (χ0) is 16.8. The van der Waals surface area contributed by atoms with Crippen molar-refractivity contribution in [1.82, 2.24) is 14.5 Å². The molecular formula is C13H16N4O6. The number of hydrogen-bond acceptors (Lipinski definition) is 9. The van der Waals surface area contributed by atoms with Crippen LogP contribution < -0.4 is 5.48 Å². The molecule has 4 atom stereocenters. The number of hydrogen-bond donors (Lipinski definition) is 5. The van der Waals surface area contributed by atoms with Gasteiger partial charge < -0.3 is 24.6 Å². The molecule has 3 rings (SSSR count). The zero-order valence-corrected chi connectivity index (χ0v) is 12.1. The normalized spacial score (nSPS) is 30.7. The molecule has 1 saturated heterocycles. The van der Waals surface area contributed by atoms with Crippen LogP contribution in [0.2, 0.25) is 0 Å². The standard InChI is InChI=1S/C13H16N4O6/c1-13(21)9(20)7(4-19)23-12(13)17-2-6(3-18)8-10(16-22)14-5-15-11(8)17/h2-3,5,7,9,12,19-22H,4H2,1H3,(H,14,15,16)/t7-,9-,12-,13?/m1/s1. The maximum atomic E-state index is 11.3. The molecule has 0 bridgehead atoms. The molecule has 0 aliphatic carbocycles. The number of rotatable bonds is 4. The summed E-state index contributed by atoms with van der Waals surface area (Å²) in [6, 6.07) is 0. The van der Waals surface area contributed by atoms with Crippen LogP contribution in [0.3, 0.4) is 0 Å². The first-order chi connectivity index (χ1) is 11.0. The number of aromatic nitrogens is 3. The summed E-state index contributed by atoms with van der Waals surface area (Å²) in [5.74, 6) is 0.0211. The number of aldehydes is 1. The lowest BCUT2D eigenvalue weighted by molar-refractivity contribution is -0.0948. The average Bonchev–Trinajstić information content (AvgIpc) is 3.03. The van der Waals surface area contributed by atoms with Gasteiger partial charge in [-0.1, -0.05) is 0 Å². The fraction of sp³-hybridized carbons (Fsp3) is 0.462. The summed E-state index contributed by atoms with van der Waals surface area (Å²) in [6.45, 7) is 0.878. The number of nitrogens with zero attached hydrogens (tertiary/aromatic N) is 3. The monoisotopic (exact) mass is 324 g/mol. The molecule has 23 heavy (non-hydrogen) atoms. The Morgan fingerprint density at radius 3 is 2.83 bits per heavy atom. The van der Waals surface area contributed by atoms with E-state index in [1.807, 2.05) is 5.48 Å². The molecule has 1 aliphatic rings. The van der Waals surface area contributed by atoms with E-state index >= 15 is 0 Å². The molecule has 0 saturated carbocycles. The summed E-state index contributed by atoms with van der Waals surface area (Å²) in [5.41, 5.74) is 0.540. The second-order valence-corrected chi connectivity index (χ2v) is 5.52. The molecule has 0 aromatic carbocycles. The van der Waals surface area contributed by atoms with Crippen LogP contribution in [0.4, 0.5) is 5.82 Å². The van der Waals surface area contributed by atoms with Crippen LogP contribution in [0.15, 0.2) is 12.5 Å². The van der Waals surface area contributed by atoms with E-state index in [1.165, 1.54) is 17.7 Å². The van der Waals surface area contributed by atoms with E-state index in [0.717, 1.165) is 6.33 Å². The van der Waals surface area contributed by atoms with Gasteiger partial charge in [-0.25, -0.2) is 9.97 Å². The highest BCUT2D eigenvalue weighted by Gasteiger charge is 2.53. The summed E-state index contributed by atoms with van der Waals surface area (Å²) in [5, 5.41) is 39.3. The van der Waals surface area contributed by atoms with Gasteiger partial charge in [0.25, 0.3) is 0 Å². The van der Waals surface area contributed by atoms with Crippen molar-refractivity contribution >= 4 is 23.1 Å². The Morgan fingerprint density at radius 2 is 2.26 bits per heavy atom. The lowest BCUT2D eigenvalue weighted by atomic mass is 9.96. The van der Waals surface area contributed by atoms with E-state index in [4.69, 9.17) is 9.94 Å². The van der Waals surface area contributed by atoms with Gasteiger partial charge in [0.1, 0.15) is 29.8 Å². The summed E-state index contributed by atoms with van der Waals surface area (Å²) < 4.78 is 6.88. The van der Waals surface area contributed by atoms with Crippen molar-refractivity contribution in [2.24, 2.45) is 0 Å². The number of carbonyl (C=O) groups excluding carboxylic acids is 1. The molecule has 2 aromatic rings. The number of carbonyl (C=O) groups is 1. The Balaban J connectivity index is 2.19. The summed E-state index contributed by atoms with van der Waals surface area (Å²) in [6.07, 6.45) is -0.315. The summed E-state index contributed by atoms with van der Waals surface area (Å²) >= 11 is 0. The van der Waals surface area contributed by atoms with Gasteiger partial charge in [0.2, 0.25) is 0 Å². The molecule has 0 amide bonds. The van der Waals surface area contributed by atoms with Gasteiger partial charge >= 0.3 is 0 Å². The average molecular weight is 324 g/mol. The van der Waals surface area contributed by atoms with Crippen molar-refractivity contribution in [1.29, 1.82) is 0 Å². The number of fused-ring (bicyclic) bond motifs is 1. The Morgan fingerprint density at radius 1 is 1.52 bits per heavy atom. The molecule has 0 radical (unpaired) electrons.